The molecule has 1 N–H and O–H groups in total. The van der Waals surface area contributed by atoms with Gasteiger partial charge in [-0.25, -0.2) is 13.1 Å². The van der Waals surface area contributed by atoms with E-state index in [2.05, 4.69) is 4.72 Å². The van der Waals surface area contributed by atoms with Gasteiger partial charge in [0.15, 0.2) is 0 Å². The van der Waals surface area contributed by atoms with Gasteiger partial charge >= 0.3 is 0 Å². The molecule has 0 saturated carbocycles. The highest BCUT2D eigenvalue weighted by Gasteiger charge is 2.13. The van der Waals surface area contributed by atoms with Crippen molar-refractivity contribution in [2.45, 2.75) is 26.7 Å². The van der Waals surface area contributed by atoms with Crippen LogP contribution in [0.25, 0.3) is 0 Å². The highest BCUT2D eigenvalue weighted by Crippen LogP contribution is 2.12. The molecule has 0 bridgehead atoms. The number of hydrogen-bond acceptors (Lipinski definition) is 3. The van der Waals surface area contributed by atoms with Gasteiger partial charge in [0.1, 0.15) is 0 Å². The average Bonchev–Trinajstić information content (AvgIpc) is 2.42. The number of para-hydroxylation sites is 1. The van der Waals surface area contributed by atoms with Crippen molar-refractivity contribution in [2.75, 3.05) is 23.7 Å². The van der Waals surface area contributed by atoms with Crippen LogP contribution in [0.1, 0.15) is 26.7 Å². The van der Waals surface area contributed by atoms with Crippen molar-refractivity contribution in [3.63, 3.8) is 0 Å². The summed E-state index contributed by atoms with van der Waals surface area (Å²) in [5.41, 5.74) is 0.771. The monoisotopic (exact) mass is 298 g/mol. The molecule has 6 heteroatoms. The molecule has 20 heavy (non-hydrogen) atoms. The van der Waals surface area contributed by atoms with Crippen molar-refractivity contribution in [3.8, 4) is 0 Å². The molecule has 5 nitrogen and oxygen atoms in total. The minimum Gasteiger partial charge on any atom is -0.311 e. The minimum atomic E-state index is -3.24. The zero-order valence-corrected chi connectivity index (χ0v) is 12.8. The first-order valence-electron chi connectivity index (χ1n) is 6.77. The van der Waals surface area contributed by atoms with Gasteiger partial charge in [0.2, 0.25) is 15.9 Å². The number of carbonyl (C=O) groups excluding carboxylic acids is 1. The Balaban J connectivity index is 2.55. The average molecular weight is 298 g/mol. The van der Waals surface area contributed by atoms with Crippen LogP contribution in [0.4, 0.5) is 5.69 Å². The van der Waals surface area contributed by atoms with E-state index in [4.69, 9.17) is 0 Å². The summed E-state index contributed by atoms with van der Waals surface area (Å²) in [6, 6.07) is 9.21. The standard InChI is InChI=1S/C14H22N2O3S/c1-3-4-12-20(18,19)15-10-11-16(13(2)17)14-8-6-5-7-9-14/h5-9,15H,3-4,10-12H2,1-2H3. The SMILES string of the molecule is CCCCS(=O)(=O)NCCN(C(C)=O)c1ccccc1. The molecule has 0 heterocycles. The Morgan fingerprint density at radius 2 is 1.90 bits per heavy atom. The molecule has 1 amide bonds. The number of unbranched alkanes of at least 4 members (excludes halogenated alkanes) is 1. The van der Waals surface area contributed by atoms with Gasteiger partial charge in [-0.15, -0.1) is 0 Å². The second kappa shape index (κ2) is 8.01. The lowest BCUT2D eigenvalue weighted by Gasteiger charge is -2.21. The first-order valence-corrected chi connectivity index (χ1v) is 8.42. The maximum Gasteiger partial charge on any atom is 0.223 e. The summed E-state index contributed by atoms with van der Waals surface area (Å²) in [4.78, 5) is 13.2. The highest BCUT2D eigenvalue weighted by molar-refractivity contribution is 7.89. The van der Waals surface area contributed by atoms with Crippen LogP contribution in [0.15, 0.2) is 30.3 Å². The van der Waals surface area contributed by atoms with Crippen LogP contribution in [0.2, 0.25) is 0 Å². The third-order valence-electron chi connectivity index (χ3n) is 2.87. The van der Waals surface area contributed by atoms with Crippen LogP contribution in [0.3, 0.4) is 0 Å². The van der Waals surface area contributed by atoms with E-state index in [9.17, 15) is 13.2 Å². The Labute approximate surface area is 121 Å². The van der Waals surface area contributed by atoms with Crippen LogP contribution in [-0.2, 0) is 14.8 Å². The summed E-state index contributed by atoms with van der Waals surface area (Å²) >= 11 is 0. The molecule has 0 aromatic heterocycles. The summed E-state index contributed by atoms with van der Waals surface area (Å²) in [6.45, 7) is 3.96. The van der Waals surface area contributed by atoms with E-state index in [-0.39, 0.29) is 18.2 Å². The fraction of sp³-hybridized carbons (Fsp3) is 0.500. The van der Waals surface area contributed by atoms with E-state index in [0.717, 1.165) is 12.1 Å². The van der Waals surface area contributed by atoms with Crippen molar-refractivity contribution >= 4 is 21.6 Å². The molecule has 0 saturated heterocycles. The lowest BCUT2D eigenvalue weighted by molar-refractivity contribution is -0.116. The molecule has 0 unspecified atom stereocenters. The topological polar surface area (TPSA) is 66.5 Å². The number of anilines is 1. The van der Waals surface area contributed by atoms with Gasteiger partial charge in [0.05, 0.1) is 5.75 Å². The maximum atomic E-state index is 11.7. The summed E-state index contributed by atoms with van der Waals surface area (Å²) in [6.07, 6.45) is 1.48. The lowest BCUT2D eigenvalue weighted by Crippen LogP contribution is -2.38. The summed E-state index contributed by atoms with van der Waals surface area (Å²) in [5, 5.41) is 0. The number of sulfonamides is 1. The van der Waals surface area contributed by atoms with Crippen LogP contribution >= 0.6 is 0 Å². The van der Waals surface area contributed by atoms with Gasteiger partial charge in [-0.2, -0.15) is 0 Å². The van der Waals surface area contributed by atoms with E-state index in [0.29, 0.717) is 13.0 Å². The smallest absolute Gasteiger partial charge is 0.223 e. The molecule has 0 fully saturated rings. The molecule has 112 valence electrons. The summed E-state index contributed by atoms with van der Waals surface area (Å²) < 4.78 is 25.9. The number of amides is 1. The van der Waals surface area contributed by atoms with Gasteiger partial charge in [-0.1, -0.05) is 31.5 Å². The Bertz CT molecular complexity index is 514. The molecule has 0 aliphatic rings. The highest BCUT2D eigenvalue weighted by atomic mass is 32.2. The third-order valence-corrected chi connectivity index (χ3v) is 4.34. The molecular formula is C14H22N2O3S. The zero-order chi connectivity index (χ0) is 15.0. The Hall–Kier alpha value is -1.40. The number of carbonyl (C=O) groups is 1. The fourth-order valence-electron chi connectivity index (χ4n) is 1.80. The van der Waals surface area contributed by atoms with Gasteiger partial charge in [-0.3, -0.25) is 4.79 Å². The largest absolute Gasteiger partial charge is 0.311 e. The van der Waals surface area contributed by atoms with Crippen molar-refractivity contribution in [3.05, 3.63) is 30.3 Å². The quantitative estimate of drug-likeness (QED) is 0.795. The maximum absolute atomic E-state index is 11.7. The predicted octanol–water partition coefficient (Wildman–Crippen LogP) is 1.76. The molecule has 0 aliphatic heterocycles. The second-order valence-electron chi connectivity index (χ2n) is 4.57. The van der Waals surface area contributed by atoms with Crippen LogP contribution in [0, 0.1) is 0 Å². The first-order chi connectivity index (χ1) is 9.46. The second-order valence-corrected chi connectivity index (χ2v) is 6.50. The third kappa shape index (κ3) is 5.71. The number of rotatable bonds is 8. The number of benzene rings is 1. The van der Waals surface area contributed by atoms with Crippen LogP contribution in [-0.4, -0.2) is 33.2 Å². The molecule has 0 atom stereocenters. The number of nitrogens with one attached hydrogen (secondary N) is 1. The van der Waals surface area contributed by atoms with Gasteiger partial charge in [0, 0.05) is 25.7 Å². The van der Waals surface area contributed by atoms with Crippen molar-refractivity contribution < 1.29 is 13.2 Å². The normalized spacial score (nSPS) is 11.3. The zero-order valence-electron chi connectivity index (χ0n) is 12.0. The summed E-state index contributed by atoms with van der Waals surface area (Å²) in [7, 11) is -3.24. The van der Waals surface area contributed by atoms with E-state index in [1.807, 2.05) is 37.3 Å². The fourth-order valence-corrected chi connectivity index (χ4v) is 3.01. The van der Waals surface area contributed by atoms with Crippen molar-refractivity contribution in [1.82, 2.24) is 4.72 Å². The van der Waals surface area contributed by atoms with Crippen molar-refractivity contribution in [2.24, 2.45) is 0 Å². The van der Waals surface area contributed by atoms with Gasteiger partial charge in [0.25, 0.3) is 0 Å². The molecule has 0 radical (unpaired) electrons. The van der Waals surface area contributed by atoms with E-state index in [1.54, 1.807) is 4.90 Å². The lowest BCUT2D eigenvalue weighted by atomic mass is 10.3. The van der Waals surface area contributed by atoms with E-state index in [1.165, 1.54) is 6.92 Å². The first kappa shape index (κ1) is 16.7. The molecule has 0 aliphatic carbocycles. The van der Waals surface area contributed by atoms with E-state index < -0.39 is 10.0 Å². The molecule has 1 rings (SSSR count). The Kier molecular flexibility index (Phi) is 6.67. The van der Waals surface area contributed by atoms with Crippen LogP contribution in [0.5, 0.6) is 0 Å². The summed E-state index contributed by atoms with van der Waals surface area (Å²) in [5.74, 6) is 0.0264. The van der Waals surface area contributed by atoms with Gasteiger partial charge < -0.3 is 4.90 Å². The molecular weight excluding hydrogens is 276 g/mol. The number of nitrogens with zero attached hydrogens (tertiary/aromatic N) is 1. The Morgan fingerprint density at radius 1 is 1.25 bits per heavy atom. The van der Waals surface area contributed by atoms with Gasteiger partial charge in [-0.05, 0) is 18.6 Å². The molecule has 1 aromatic carbocycles. The molecule has 0 spiro atoms. The van der Waals surface area contributed by atoms with Crippen molar-refractivity contribution in [1.29, 1.82) is 0 Å². The minimum absolute atomic E-state index is 0.107. The number of hydrogen-bond donors (Lipinski definition) is 1. The predicted molar refractivity (Wildman–Crippen MR) is 81.2 cm³/mol. The van der Waals surface area contributed by atoms with Crippen LogP contribution < -0.4 is 9.62 Å². The molecule has 1 aromatic rings. The van der Waals surface area contributed by atoms with E-state index >= 15 is 0 Å². The Morgan fingerprint density at radius 3 is 2.45 bits per heavy atom.